The first-order valence-corrected chi connectivity index (χ1v) is 7.70. The maximum Gasteiger partial charge on any atom is -0.00773 e. The van der Waals surface area contributed by atoms with Gasteiger partial charge in [-0.2, -0.15) is 0 Å². The van der Waals surface area contributed by atoms with Crippen LogP contribution in [0.3, 0.4) is 0 Å². The molecule has 1 heteroatoms. The van der Waals surface area contributed by atoms with Crippen molar-refractivity contribution in [1.29, 1.82) is 0 Å². The van der Waals surface area contributed by atoms with Crippen molar-refractivity contribution in [2.75, 3.05) is 6.54 Å². The van der Waals surface area contributed by atoms with E-state index in [1.165, 1.54) is 49.7 Å². The van der Waals surface area contributed by atoms with Crippen LogP contribution in [0.4, 0.5) is 0 Å². The Morgan fingerprint density at radius 2 is 1.63 bits per heavy atom. The maximum atomic E-state index is 5.34. The fourth-order valence-electron chi connectivity index (χ4n) is 1.98. The molecule has 0 radical (unpaired) electrons. The molecule has 0 aliphatic carbocycles. The van der Waals surface area contributed by atoms with Gasteiger partial charge in [-0.1, -0.05) is 82.9 Å². The lowest BCUT2D eigenvalue weighted by Crippen LogP contribution is -1.97. The molecule has 0 saturated carbocycles. The maximum absolute atomic E-state index is 5.34. The van der Waals surface area contributed by atoms with E-state index in [1.54, 1.807) is 0 Å². The van der Waals surface area contributed by atoms with Crippen molar-refractivity contribution in [3.8, 4) is 0 Å². The smallest absolute Gasteiger partial charge is 0.00773 e. The minimum absolute atomic E-state index is 0.867. The quantitative estimate of drug-likeness (QED) is 0.640. The lowest BCUT2D eigenvalue weighted by Gasteiger charge is -1.99. The van der Waals surface area contributed by atoms with E-state index in [2.05, 4.69) is 38.6 Å². The molecule has 0 fully saturated rings. The van der Waals surface area contributed by atoms with Gasteiger partial charge in [0.1, 0.15) is 0 Å². The van der Waals surface area contributed by atoms with Crippen LogP contribution in [0.5, 0.6) is 0 Å². The van der Waals surface area contributed by atoms with Crippen molar-refractivity contribution >= 4 is 6.08 Å². The van der Waals surface area contributed by atoms with E-state index < -0.39 is 0 Å². The molecule has 0 saturated heterocycles. The van der Waals surface area contributed by atoms with E-state index in [4.69, 9.17) is 5.73 Å². The number of hydrogen-bond donors (Lipinski definition) is 1. The summed E-state index contributed by atoms with van der Waals surface area (Å²) in [4.78, 5) is 0. The fourth-order valence-corrected chi connectivity index (χ4v) is 1.98. The average Bonchev–Trinajstić information content (AvgIpc) is 2.47. The molecule has 2 N–H and O–H groups in total. The first-order valence-electron chi connectivity index (χ1n) is 7.70. The predicted octanol–water partition coefficient (Wildman–Crippen LogP) is 5.20. The number of aryl methyl sites for hydroxylation is 1. The minimum atomic E-state index is 0.867. The molecule has 1 rings (SSSR count). The molecule has 0 aliphatic heterocycles. The van der Waals surface area contributed by atoms with Gasteiger partial charge in [0, 0.05) is 0 Å². The molecule has 1 aromatic carbocycles. The Hall–Kier alpha value is -1.08. The number of benzene rings is 1. The first kappa shape index (κ1) is 17.9. The van der Waals surface area contributed by atoms with Gasteiger partial charge in [-0.05, 0) is 30.5 Å². The summed E-state index contributed by atoms with van der Waals surface area (Å²) in [5.74, 6) is 0. The van der Waals surface area contributed by atoms with E-state index in [0.717, 1.165) is 13.0 Å². The Labute approximate surface area is 119 Å². The van der Waals surface area contributed by atoms with Gasteiger partial charge in [-0.15, -0.1) is 0 Å². The van der Waals surface area contributed by atoms with Crippen LogP contribution in [0.15, 0.2) is 30.8 Å². The normalized spacial score (nSPS) is 9.63. The molecule has 0 amide bonds. The Balaban J connectivity index is 0.000000344. The molecule has 0 spiro atoms. The van der Waals surface area contributed by atoms with Crippen molar-refractivity contribution < 1.29 is 0 Å². The van der Waals surface area contributed by atoms with Gasteiger partial charge in [0.15, 0.2) is 0 Å². The zero-order valence-corrected chi connectivity index (χ0v) is 12.8. The average molecular weight is 261 g/mol. The van der Waals surface area contributed by atoms with Crippen molar-refractivity contribution in [3.05, 3.63) is 42.0 Å². The Kier molecular flexibility index (Phi) is 12.6. The van der Waals surface area contributed by atoms with E-state index in [-0.39, 0.29) is 0 Å². The van der Waals surface area contributed by atoms with Gasteiger partial charge in [0.2, 0.25) is 0 Å². The number of nitrogens with two attached hydrogens (primary N) is 1. The van der Waals surface area contributed by atoms with Gasteiger partial charge < -0.3 is 5.73 Å². The second kappa shape index (κ2) is 13.4. The van der Waals surface area contributed by atoms with E-state index in [1.807, 2.05) is 12.1 Å². The van der Waals surface area contributed by atoms with E-state index in [9.17, 15) is 0 Å². The second-order valence-electron chi connectivity index (χ2n) is 4.81. The van der Waals surface area contributed by atoms with Gasteiger partial charge in [-0.25, -0.2) is 0 Å². The largest absolute Gasteiger partial charge is 0.330 e. The minimum Gasteiger partial charge on any atom is -0.330 e. The van der Waals surface area contributed by atoms with Crippen LogP contribution in [0.25, 0.3) is 6.08 Å². The zero-order chi connectivity index (χ0) is 14.3. The van der Waals surface area contributed by atoms with Crippen LogP contribution in [0, 0.1) is 0 Å². The van der Waals surface area contributed by atoms with E-state index >= 15 is 0 Å². The monoisotopic (exact) mass is 261 g/mol. The summed E-state index contributed by atoms with van der Waals surface area (Å²) >= 11 is 0. The molecule has 0 atom stereocenters. The summed E-state index contributed by atoms with van der Waals surface area (Å²) in [6.45, 7) is 9.00. The second-order valence-corrected chi connectivity index (χ2v) is 4.81. The molecule has 108 valence electrons. The summed E-state index contributed by atoms with van der Waals surface area (Å²) in [7, 11) is 0. The third-order valence-corrected chi connectivity index (χ3v) is 3.21. The molecule has 1 nitrogen and oxygen atoms in total. The molecule has 1 aromatic rings. The SMILES string of the molecule is C=Cc1ccccc1CC.CCCCCCCCN. The lowest BCUT2D eigenvalue weighted by molar-refractivity contribution is 0.612. The molecule has 19 heavy (non-hydrogen) atoms. The Bertz CT molecular complexity index is 311. The highest BCUT2D eigenvalue weighted by atomic mass is 14.5. The number of hydrogen-bond acceptors (Lipinski definition) is 1. The Morgan fingerprint density at radius 1 is 1.00 bits per heavy atom. The summed E-state index contributed by atoms with van der Waals surface area (Å²) in [6.07, 6.45) is 11.0. The van der Waals surface area contributed by atoms with Crippen LogP contribution in [0.1, 0.15) is 63.5 Å². The van der Waals surface area contributed by atoms with Gasteiger partial charge >= 0.3 is 0 Å². The van der Waals surface area contributed by atoms with Crippen molar-refractivity contribution in [2.45, 2.75) is 58.8 Å². The van der Waals surface area contributed by atoms with E-state index in [0.29, 0.717) is 0 Å². The van der Waals surface area contributed by atoms with Crippen LogP contribution in [-0.4, -0.2) is 6.54 Å². The predicted molar refractivity (Wildman–Crippen MR) is 88.3 cm³/mol. The summed E-state index contributed by atoms with van der Waals surface area (Å²) in [5, 5.41) is 0. The molecular formula is C18H31N. The van der Waals surface area contributed by atoms with Gasteiger partial charge in [0.25, 0.3) is 0 Å². The van der Waals surface area contributed by atoms with Crippen LogP contribution in [0.2, 0.25) is 0 Å². The zero-order valence-electron chi connectivity index (χ0n) is 12.8. The first-order chi connectivity index (χ1) is 9.29. The molecule has 0 heterocycles. The molecule has 0 bridgehead atoms. The Morgan fingerprint density at radius 3 is 2.16 bits per heavy atom. The van der Waals surface area contributed by atoms with Crippen molar-refractivity contribution in [1.82, 2.24) is 0 Å². The lowest BCUT2D eigenvalue weighted by atomic mass is 10.1. The molecule has 0 unspecified atom stereocenters. The van der Waals surface area contributed by atoms with Crippen molar-refractivity contribution in [2.24, 2.45) is 5.73 Å². The highest BCUT2D eigenvalue weighted by Crippen LogP contribution is 2.09. The number of unbranched alkanes of at least 4 members (excludes halogenated alkanes) is 5. The van der Waals surface area contributed by atoms with Gasteiger partial charge in [-0.3, -0.25) is 0 Å². The van der Waals surface area contributed by atoms with Crippen LogP contribution < -0.4 is 5.73 Å². The highest BCUT2D eigenvalue weighted by Gasteiger charge is 1.91. The van der Waals surface area contributed by atoms with Crippen LogP contribution in [-0.2, 0) is 6.42 Å². The highest BCUT2D eigenvalue weighted by molar-refractivity contribution is 5.51. The van der Waals surface area contributed by atoms with Crippen molar-refractivity contribution in [3.63, 3.8) is 0 Å². The third-order valence-electron chi connectivity index (χ3n) is 3.21. The summed E-state index contributed by atoms with van der Waals surface area (Å²) in [5.41, 5.74) is 7.97. The number of rotatable bonds is 8. The third kappa shape index (κ3) is 9.49. The topological polar surface area (TPSA) is 26.0 Å². The van der Waals surface area contributed by atoms with Crippen LogP contribution >= 0.6 is 0 Å². The summed E-state index contributed by atoms with van der Waals surface area (Å²) in [6, 6.07) is 8.32. The molecule has 0 aromatic heterocycles. The standard InChI is InChI=1S/C10H12.C8H19N/c1-3-9-7-5-6-8-10(9)4-2;1-2-3-4-5-6-7-8-9/h3,5-8H,1,4H2,2H3;2-9H2,1H3. The molecule has 0 aliphatic rings. The fraction of sp³-hybridized carbons (Fsp3) is 0.556. The summed E-state index contributed by atoms with van der Waals surface area (Å²) < 4.78 is 0. The van der Waals surface area contributed by atoms with Gasteiger partial charge in [0.05, 0.1) is 0 Å². The molecular weight excluding hydrogens is 230 g/mol.